The minimum atomic E-state index is -0.442. The number of alkyl halides is 1. The van der Waals surface area contributed by atoms with Crippen molar-refractivity contribution < 1.29 is 4.42 Å². The van der Waals surface area contributed by atoms with Crippen molar-refractivity contribution in [3.63, 3.8) is 0 Å². The van der Waals surface area contributed by atoms with E-state index in [1.165, 1.54) is 0 Å². The maximum atomic E-state index is 11.9. The third kappa shape index (κ3) is 1.96. The van der Waals surface area contributed by atoms with E-state index in [-0.39, 0.29) is 5.69 Å². The van der Waals surface area contributed by atoms with Crippen LogP contribution in [-0.2, 0) is 14.1 Å². The van der Waals surface area contributed by atoms with Crippen LogP contribution in [0.2, 0.25) is 5.22 Å². The van der Waals surface area contributed by atoms with E-state index in [0.29, 0.717) is 11.0 Å². The molecule has 1 atom stereocenters. The largest absolute Gasteiger partial charge is 0.448 e. The van der Waals surface area contributed by atoms with Gasteiger partial charge in [0, 0.05) is 14.1 Å². The van der Waals surface area contributed by atoms with Gasteiger partial charge in [-0.3, -0.25) is 9.13 Å². The Morgan fingerprint density at radius 3 is 2.45 bits per heavy atom. The van der Waals surface area contributed by atoms with Gasteiger partial charge in [-0.15, -0.1) is 11.6 Å². The van der Waals surface area contributed by atoms with Crippen molar-refractivity contribution in [2.45, 2.75) is 5.38 Å². The zero-order valence-electron chi connectivity index (χ0n) is 10.9. The van der Waals surface area contributed by atoms with Crippen molar-refractivity contribution >= 4 is 34.2 Å². The minimum absolute atomic E-state index is 0.0654. The van der Waals surface area contributed by atoms with E-state index >= 15 is 0 Å². The maximum Gasteiger partial charge on any atom is 0.328 e. The van der Waals surface area contributed by atoms with E-state index < -0.39 is 5.38 Å². The monoisotopic (exact) mass is 310 g/mol. The Bertz CT molecular complexity index is 845. The summed E-state index contributed by atoms with van der Waals surface area (Å²) in [6.07, 6.45) is 0. The Labute approximate surface area is 125 Å². The summed E-state index contributed by atoms with van der Waals surface area (Å²) in [5.41, 5.74) is 2.48. The summed E-state index contributed by atoms with van der Waals surface area (Å²) in [6, 6.07) is 9.06. The van der Waals surface area contributed by atoms with Crippen molar-refractivity contribution in [3.8, 4) is 0 Å². The van der Waals surface area contributed by atoms with Gasteiger partial charge >= 0.3 is 5.69 Å². The number of aromatic nitrogens is 2. The first-order chi connectivity index (χ1) is 9.49. The number of fused-ring (bicyclic) bond motifs is 1. The zero-order chi connectivity index (χ0) is 14.4. The third-order valence-electron chi connectivity index (χ3n) is 3.43. The molecule has 0 aliphatic rings. The van der Waals surface area contributed by atoms with Gasteiger partial charge in [0.05, 0.1) is 11.0 Å². The van der Waals surface area contributed by atoms with Gasteiger partial charge in [0.2, 0.25) is 0 Å². The molecule has 2 aromatic heterocycles. The molecule has 0 spiro atoms. The lowest BCUT2D eigenvalue weighted by Crippen LogP contribution is -2.19. The normalized spacial score (nSPS) is 13.0. The highest BCUT2D eigenvalue weighted by molar-refractivity contribution is 6.29. The number of furan rings is 1. The number of benzene rings is 1. The molecule has 0 aliphatic heterocycles. The van der Waals surface area contributed by atoms with Crippen LogP contribution in [0.5, 0.6) is 0 Å². The van der Waals surface area contributed by atoms with E-state index in [1.54, 1.807) is 35.4 Å². The van der Waals surface area contributed by atoms with Gasteiger partial charge in [-0.2, -0.15) is 0 Å². The molecule has 2 heterocycles. The summed E-state index contributed by atoms with van der Waals surface area (Å²) in [6.45, 7) is 0. The average molecular weight is 311 g/mol. The molecule has 3 rings (SSSR count). The summed E-state index contributed by atoms with van der Waals surface area (Å²) in [5, 5.41) is -0.138. The molecule has 6 heteroatoms. The Balaban J connectivity index is 2.14. The number of imidazole rings is 1. The molecule has 0 fully saturated rings. The molecule has 1 aromatic carbocycles. The molecule has 0 aliphatic carbocycles. The van der Waals surface area contributed by atoms with Crippen molar-refractivity contribution in [2.24, 2.45) is 14.1 Å². The quantitative estimate of drug-likeness (QED) is 0.680. The smallest absolute Gasteiger partial charge is 0.328 e. The Morgan fingerprint density at radius 2 is 1.80 bits per heavy atom. The molecular formula is C14H12Cl2N2O2. The molecule has 1 unspecified atom stereocenters. The number of hydrogen-bond acceptors (Lipinski definition) is 2. The number of aryl methyl sites for hydroxylation is 2. The fourth-order valence-corrected chi connectivity index (χ4v) is 2.72. The lowest BCUT2D eigenvalue weighted by molar-refractivity contribution is 0.518. The average Bonchev–Trinajstić information content (AvgIpc) is 2.97. The minimum Gasteiger partial charge on any atom is -0.448 e. The van der Waals surface area contributed by atoms with E-state index in [4.69, 9.17) is 27.6 Å². The topological polar surface area (TPSA) is 40.1 Å². The summed E-state index contributed by atoms with van der Waals surface area (Å²) in [7, 11) is 3.48. The molecule has 0 radical (unpaired) electrons. The van der Waals surface area contributed by atoms with Crippen LogP contribution < -0.4 is 5.69 Å². The van der Waals surface area contributed by atoms with Gasteiger partial charge in [0.1, 0.15) is 11.1 Å². The van der Waals surface area contributed by atoms with Crippen LogP contribution in [0.25, 0.3) is 11.0 Å². The lowest BCUT2D eigenvalue weighted by atomic mass is 10.1. The van der Waals surface area contributed by atoms with Crippen LogP contribution in [0.4, 0.5) is 0 Å². The van der Waals surface area contributed by atoms with Gasteiger partial charge in [0.15, 0.2) is 5.22 Å². The fourth-order valence-electron chi connectivity index (χ4n) is 2.31. The second-order valence-corrected chi connectivity index (χ2v) is 5.46. The van der Waals surface area contributed by atoms with E-state index in [2.05, 4.69) is 0 Å². The van der Waals surface area contributed by atoms with Crippen molar-refractivity contribution in [1.82, 2.24) is 9.13 Å². The summed E-state index contributed by atoms with van der Waals surface area (Å²) >= 11 is 12.2. The van der Waals surface area contributed by atoms with Crippen LogP contribution in [0.15, 0.2) is 39.5 Å². The van der Waals surface area contributed by atoms with Crippen molar-refractivity contribution in [1.29, 1.82) is 0 Å². The predicted octanol–water partition coefficient (Wildman–Crippen LogP) is 3.45. The molecule has 4 nitrogen and oxygen atoms in total. The van der Waals surface area contributed by atoms with Gasteiger partial charge < -0.3 is 4.42 Å². The van der Waals surface area contributed by atoms with Gasteiger partial charge in [-0.25, -0.2) is 4.79 Å². The molecule has 20 heavy (non-hydrogen) atoms. The summed E-state index contributed by atoms with van der Waals surface area (Å²) in [4.78, 5) is 11.9. The summed E-state index contributed by atoms with van der Waals surface area (Å²) < 4.78 is 8.53. The van der Waals surface area contributed by atoms with Gasteiger partial charge in [-0.05, 0) is 41.4 Å². The molecular weight excluding hydrogens is 299 g/mol. The van der Waals surface area contributed by atoms with E-state index in [0.717, 1.165) is 16.6 Å². The van der Waals surface area contributed by atoms with Crippen molar-refractivity contribution in [2.75, 3.05) is 0 Å². The van der Waals surface area contributed by atoms with Gasteiger partial charge in [0.25, 0.3) is 0 Å². The fraction of sp³-hybridized carbons (Fsp3) is 0.214. The maximum absolute atomic E-state index is 11.9. The number of nitrogens with zero attached hydrogens (tertiary/aromatic N) is 2. The lowest BCUT2D eigenvalue weighted by Gasteiger charge is -2.07. The Morgan fingerprint density at radius 1 is 1.10 bits per heavy atom. The first-order valence-electron chi connectivity index (χ1n) is 6.03. The highest BCUT2D eigenvalue weighted by atomic mass is 35.5. The number of rotatable bonds is 2. The highest BCUT2D eigenvalue weighted by Crippen LogP contribution is 2.32. The molecule has 3 aromatic rings. The number of halogens is 2. The second-order valence-electron chi connectivity index (χ2n) is 4.65. The third-order valence-corrected chi connectivity index (χ3v) is 4.10. The van der Waals surface area contributed by atoms with Crippen LogP contribution in [0.3, 0.4) is 0 Å². The van der Waals surface area contributed by atoms with Crippen LogP contribution in [0.1, 0.15) is 16.7 Å². The molecule has 0 saturated heterocycles. The second kappa shape index (κ2) is 4.72. The molecule has 0 bridgehead atoms. The van der Waals surface area contributed by atoms with E-state index in [1.807, 2.05) is 18.2 Å². The zero-order valence-corrected chi connectivity index (χ0v) is 12.4. The Kier molecular flexibility index (Phi) is 3.15. The standard InChI is InChI=1S/C14H12Cl2N2O2/c1-17-9-4-3-8(7-10(9)18(2)14(17)19)13(16)11-5-6-12(15)20-11/h3-7,13H,1-2H3. The first kappa shape index (κ1) is 13.3. The van der Waals surface area contributed by atoms with Crippen LogP contribution >= 0.6 is 23.2 Å². The molecule has 0 amide bonds. The molecule has 0 saturated carbocycles. The molecule has 0 N–H and O–H groups in total. The van der Waals surface area contributed by atoms with Crippen molar-refractivity contribution in [3.05, 3.63) is 57.4 Å². The molecule has 104 valence electrons. The van der Waals surface area contributed by atoms with Crippen LogP contribution in [-0.4, -0.2) is 9.13 Å². The Hall–Kier alpha value is -1.65. The highest BCUT2D eigenvalue weighted by Gasteiger charge is 2.17. The SMILES string of the molecule is Cn1c(=O)n(C)c2cc(C(Cl)c3ccc(Cl)o3)ccc21. The number of hydrogen-bond donors (Lipinski definition) is 0. The summed E-state index contributed by atoms with van der Waals surface area (Å²) in [5.74, 6) is 0.581. The van der Waals surface area contributed by atoms with Crippen LogP contribution in [0, 0.1) is 0 Å². The van der Waals surface area contributed by atoms with Gasteiger partial charge in [-0.1, -0.05) is 6.07 Å². The predicted molar refractivity (Wildman–Crippen MR) is 79.6 cm³/mol. The first-order valence-corrected chi connectivity index (χ1v) is 6.85. The van der Waals surface area contributed by atoms with E-state index in [9.17, 15) is 4.79 Å².